The lowest BCUT2D eigenvalue weighted by Crippen LogP contribution is -2.55. The molecule has 0 amide bonds. The lowest BCUT2D eigenvalue weighted by Gasteiger charge is -2.22. The van der Waals surface area contributed by atoms with Crippen LogP contribution in [0.15, 0.2) is 0 Å². The Morgan fingerprint density at radius 1 is 0.324 bits per heavy atom. The van der Waals surface area contributed by atoms with E-state index < -0.39 is 92.2 Å². The predicted octanol–water partition coefficient (Wildman–Crippen LogP) is -6.25. The van der Waals surface area contributed by atoms with Crippen LogP contribution in [0.5, 0.6) is 0 Å². The molecular formula is H4O28S8Si. The minimum atomic E-state index is -8.09. The lowest BCUT2D eigenvalue weighted by molar-refractivity contribution is 0.146. The highest BCUT2D eigenvalue weighted by Crippen LogP contribution is 2.27. The molecule has 0 aromatic heterocycles. The smallest absolute Gasteiger partial charge is 0.263 e. The molecule has 37 heteroatoms. The summed E-state index contributed by atoms with van der Waals surface area (Å²) in [6.45, 7) is 0. The molecule has 0 aliphatic heterocycles. The summed E-state index contributed by atoms with van der Waals surface area (Å²) in [7, 11) is -61.6. The molecule has 224 valence electrons. The Hall–Kier alpha value is -0.663. The molecule has 0 saturated heterocycles. The molecule has 0 rings (SSSR count). The van der Waals surface area contributed by atoms with Gasteiger partial charge in [0.15, 0.2) is 0 Å². The van der Waals surface area contributed by atoms with Crippen molar-refractivity contribution in [2.24, 2.45) is 0 Å². The first kappa shape index (κ1) is 36.3. The molecule has 0 fully saturated rings. The first-order chi connectivity index (χ1) is 15.7. The highest BCUT2D eigenvalue weighted by atomic mass is 32.3. The molecule has 4 N–H and O–H groups in total. The van der Waals surface area contributed by atoms with Gasteiger partial charge in [-0.2, -0.15) is 67.3 Å². The zero-order valence-corrected chi connectivity index (χ0v) is 22.9. The second-order valence-electron chi connectivity index (χ2n) is 4.45. The summed E-state index contributed by atoms with van der Waals surface area (Å²) < 4.78 is 234. The van der Waals surface area contributed by atoms with Gasteiger partial charge in [0.05, 0.1) is 0 Å². The van der Waals surface area contributed by atoms with Crippen molar-refractivity contribution >= 4 is 92.2 Å². The van der Waals surface area contributed by atoms with E-state index in [9.17, 15) is 67.3 Å². The maximum Gasteiger partial charge on any atom is 0.746 e. The van der Waals surface area contributed by atoms with Gasteiger partial charge < -0.3 is 0 Å². The molecule has 37 heavy (non-hydrogen) atoms. The molecule has 0 aromatic carbocycles. The lowest BCUT2D eigenvalue weighted by atomic mass is 15.6. The summed E-state index contributed by atoms with van der Waals surface area (Å²) in [5.41, 5.74) is 0. The Balaban J connectivity index is 7.41. The monoisotopic (exact) mass is 736 g/mol. The molecule has 0 unspecified atom stereocenters. The van der Waals surface area contributed by atoms with E-state index in [1.165, 1.54) is 0 Å². The molecule has 0 bridgehead atoms. The van der Waals surface area contributed by atoms with Gasteiger partial charge in [-0.05, 0) is 0 Å². The van der Waals surface area contributed by atoms with E-state index in [1.807, 2.05) is 0 Å². The Bertz CT molecular complexity index is 1450. The van der Waals surface area contributed by atoms with Gasteiger partial charge in [-0.3, -0.25) is 18.2 Å². The fourth-order valence-corrected chi connectivity index (χ4v) is 12.0. The molecule has 0 saturated carbocycles. The fourth-order valence-electron chi connectivity index (χ4n) is 1.06. The Kier molecular flexibility index (Phi) is 10.9. The first-order valence-corrected chi connectivity index (χ1v) is 18.6. The molecule has 0 spiro atoms. The van der Waals surface area contributed by atoms with Crippen LogP contribution < -0.4 is 0 Å². The van der Waals surface area contributed by atoms with Gasteiger partial charge in [-0.15, -0.1) is 14.5 Å². The second kappa shape index (κ2) is 11.1. The van der Waals surface area contributed by atoms with Gasteiger partial charge in [0, 0.05) is 0 Å². The molecule has 0 aromatic rings. The van der Waals surface area contributed by atoms with Crippen molar-refractivity contribution in [1.29, 1.82) is 0 Å². The van der Waals surface area contributed by atoms with Crippen molar-refractivity contribution in [3.8, 4) is 0 Å². The topological polar surface area (TPSA) is 428 Å². The van der Waals surface area contributed by atoms with Crippen LogP contribution in [0.25, 0.3) is 0 Å². The van der Waals surface area contributed by atoms with Crippen molar-refractivity contribution in [3.63, 3.8) is 0 Å². The summed E-state index contributed by atoms with van der Waals surface area (Å²) in [5, 5.41) is 0. The van der Waals surface area contributed by atoms with E-state index in [1.54, 1.807) is 0 Å². The Labute approximate surface area is 207 Å². The molecule has 0 atom stereocenters. The number of hydrogen-bond acceptors (Lipinski definition) is 24. The van der Waals surface area contributed by atoms with Gasteiger partial charge in [0.1, 0.15) is 0 Å². The van der Waals surface area contributed by atoms with Crippen LogP contribution in [0.3, 0.4) is 0 Å². The largest absolute Gasteiger partial charge is 0.746 e. The van der Waals surface area contributed by atoms with Crippen molar-refractivity contribution in [2.45, 2.75) is 0 Å². The van der Waals surface area contributed by atoms with Crippen LogP contribution in [0.1, 0.15) is 0 Å². The van der Waals surface area contributed by atoms with Crippen LogP contribution in [0, 0.1) is 0 Å². The van der Waals surface area contributed by atoms with Crippen molar-refractivity contribution in [2.75, 3.05) is 0 Å². The van der Waals surface area contributed by atoms with E-state index in [4.69, 9.17) is 18.2 Å². The number of hydrogen-bond donors (Lipinski definition) is 4. The van der Waals surface area contributed by atoms with Crippen molar-refractivity contribution in [3.05, 3.63) is 0 Å². The SMILES string of the molecule is O=S(=O)(O)OS(=O)(=O)O[Si](OS(=O)(=O)OS(=O)(=O)O)(OS(=O)(=O)OS(=O)(=O)O)OS(=O)(=O)OS(=O)(=O)O. The second-order valence-corrected chi connectivity index (χ2v) is 17.0. The van der Waals surface area contributed by atoms with E-state index >= 15 is 0 Å². The van der Waals surface area contributed by atoms with E-state index in [0.29, 0.717) is 0 Å². The summed E-state index contributed by atoms with van der Waals surface area (Å²) in [6, 6.07) is 0. The van der Waals surface area contributed by atoms with Gasteiger partial charge in [0.2, 0.25) is 0 Å². The summed E-state index contributed by atoms with van der Waals surface area (Å²) in [4.78, 5) is 0. The summed E-state index contributed by atoms with van der Waals surface area (Å²) in [5.74, 6) is 0. The van der Waals surface area contributed by atoms with Crippen molar-refractivity contribution < 1.29 is 116 Å². The van der Waals surface area contributed by atoms with Crippen LogP contribution in [0.2, 0.25) is 0 Å². The van der Waals surface area contributed by atoms with Crippen LogP contribution in [-0.2, 0) is 113 Å². The standard InChI is InChI=1S/H4O28S8Si/c1-29(2,3)21-33(13,14)25-37(26-34(15,16)22-30(4,5)6,27-35(17,18)23-31(7,8)9)28-36(19,20)24-32(10,11)12/h(H,1,2,3)(H,4,5,6)(H,7,8,9)(H,10,11,12). The maximum absolute atomic E-state index is 11.6. The van der Waals surface area contributed by atoms with E-state index in [2.05, 4.69) is 30.0 Å². The highest BCUT2D eigenvalue weighted by molar-refractivity contribution is 7.98. The average molecular weight is 737 g/mol. The quantitative estimate of drug-likeness (QED) is 0.0845. The third-order valence-corrected chi connectivity index (χ3v) is 13.4. The summed E-state index contributed by atoms with van der Waals surface area (Å²) >= 11 is 0. The fraction of sp³-hybridized carbons (Fsp3) is 0. The highest BCUT2D eigenvalue weighted by Gasteiger charge is 2.65. The minimum absolute atomic E-state index is 2.69. The van der Waals surface area contributed by atoms with Gasteiger partial charge in [-0.25, -0.2) is 15.5 Å². The molecule has 0 aliphatic carbocycles. The molecular weight excluding hydrogens is 733 g/mol. The molecule has 0 heterocycles. The zero-order valence-electron chi connectivity index (χ0n) is 15.4. The maximum atomic E-state index is 11.6. The summed E-state index contributed by atoms with van der Waals surface area (Å²) in [6.07, 6.45) is 0. The van der Waals surface area contributed by atoms with Crippen LogP contribution in [0.4, 0.5) is 0 Å². The van der Waals surface area contributed by atoms with Crippen molar-refractivity contribution in [1.82, 2.24) is 0 Å². The van der Waals surface area contributed by atoms with Crippen LogP contribution >= 0.6 is 0 Å². The molecule has 28 nitrogen and oxygen atoms in total. The van der Waals surface area contributed by atoms with Gasteiger partial charge in [0.25, 0.3) is 0 Å². The third kappa shape index (κ3) is 17.5. The first-order valence-electron chi connectivity index (χ1n) is 6.21. The minimum Gasteiger partial charge on any atom is -0.263 e. The molecule has 0 aliphatic rings. The van der Waals surface area contributed by atoms with E-state index in [0.717, 1.165) is 0 Å². The Morgan fingerprint density at radius 2 is 0.459 bits per heavy atom. The number of rotatable bonds is 16. The average Bonchev–Trinajstić information content (AvgIpc) is 2.29. The van der Waals surface area contributed by atoms with Crippen LogP contribution in [-0.4, -0.2) is 94.6 Å². The van der Waals surface area contributed by atoms with Gasteiger partial charge in [-0.1, -0.05) is 0 Å². The zero-order chi connectivity index (χ0) is 30.2. The van der Waals surface area contributed by atoms with Gasteiger partial charge >= 0.3 is 92.2 Å². The Morgan fingerprint density at radius 3 is 0.568 bits per heavy atom. The third-order valence-electron chi connectivity index (χ3n) is 1.49. The van der Waals surface area contributed by atoms with E-state index in [-0.39, 0.29) is 0 Å². The predicted molar refractivity (Wildman–Crippen MR) is 96.3 cm³/mol. The molecule has 0 radical (unpaired) electrons. The normalized spacial score (nSPS) is 15.5.